The molecule has 130 valence electrons. The number of imidazole rings is 1. The largest absolute Gasteiger partial charge is 0.341 e. The van der Waals surface area contributed by atoms with Crippen molar-refractivity contribution in [3.05, 3.63) is 30.5 Å². The smallest absolute Gasteiger partial charge is 0.259 e. The molecule has 2 aromatic rings. The van der Waals surface area contributed by atoms with Crippen molar-refractivity contribution in [3.8, 4) is 0 Å². The normalized spacial score (nSPS) is 15.4. The van der Waals surface area contributed by atoms with Crippen LogP contribution in [0.1, 0.15) is 38.4 Å². The molecule has 2 aromatic heterocycles. The van der Waals surface area contributed by atoms with Crippen molar-refractivity contribution in [3.63, 3.8) is 0 Å². The summed E-state index contributed by atoms with van der Waals surface area (Å²) in [5, 5.41) is 0.0185. The lowest BCUT2D eigenvalue weighted by Gasteiger charge is -2.15. The molecule has 3 heterocycles. The molecule has 8 nitrogen and oxygen atoms in total. The van der Waals surface area contributed by atoms with Crippen LogP contribution in [0.3, 0.4) is 0 Å². The van der Waals surface area contributed by atoms with E-state index in [1.165, 1.54) is 12.5 Å². The van der Waals surface area contributed by atoms with Gasteiger partial charge < -0.3 is 9.47 Å². The molecule has 1 aliphatic heterocycles. The summed E-state index contributed by atoms with van der Waals surface area (Å²) >= 11 is 0. The van der Waals surface area contributed by atoms with E-state index in [0.29, 0.717) is 11.6 Å². The first-order chi connectivity index (χ1) is 11.5. The highest BCUT2D eigenvalue weighted by Gasteiger charge is 2.19. The zero-order valence-electron chi connectivity index (χ0n) is 13.9. The van der Waals surface area contributed by atoms with Gasteiger partial charge >= 0.3 is 0 Å². The Kier molecular flexibility index (Phi) is 4.81. The lowest BCUT2D eigenvalue weighted by atomic mass is 10.4. The average molecular weight is 350 g/mol. The molecule has 1 fully saturated rings. The van der Waals surface area contributed by atoms with Gasteiger partial charge in [0.2, 0.25) is 5.95 Å². The standard InChI is InChI=1S/C15H22N6O2S/c1-12(2)21-10-14(17-11-21)24(22,23)18-9-13-5-6-16-15(19-13)20-7-3-4-8-20/h5-6,10-12,18H,3-4,7-9H2,1-2H3. The van der Waals surface area contributed by atoms with E-state index in [9.17, 15) is 8.42 Å². The first-order valence-electron chi connectivity index (χ1n) is 8.06. The maximum Gasteiger partial charge on any atom is 0.259 e. The molecular weight excluding hydrogens is 328 g/mol. The van der Waals surface area contributed by atoms with Gasteiger partial charge in [0.25, 0.3) is 10.0 Å². The molecule has 1 N–H and O–H groups in total. The summed E-state index contributed by atoms with van der Waals surface area (Å²) in [6.07, 6.45) is 6.99. The van der Waals surface area contributed by atoms with Crippen LogP contribution in [-0.2, 0) is 16.6 Å². The Morgan fingerprint density at radius 2 is 2.00 bits per heavy atom. The molecule has 0 unspecified atom stereocenters. The van der Waals surface area contributed by atoms with Crippen LogP contribution < -0.4 is 9.62 Å². The molecule has 0 aromatic carbocycles. The fourth-order valence-electron chi connectivity index (χ4n) is 2.53. The minimum absolute atomic E-state index is 0.0185. The zero-order chi connectivity index (χ0) is 17.2. The summed E-state index contributed by atoms with van der Waals surface area (Å²) in [5.41, 5.74) is 0.638. The van der Waals surface area contributed by atoms with Gasteiger partial charge in [0.1, 0.15) is 0 Å². The van der Waals surface area contributed by atoms with Crippen LogP contribution in [-0.4, -0.2) is 41.0 Å². The summed E-state index contributed by atoms with van der Waals surface area (Å²) in [5.74, 6) is 0.660. The third-order valence-electron chi connectivity index (χ3n) is 3.98. The highest BCUT2D eigenvalue weighted by Crippen LogP contribution is 2.15. The molecule has 0 bridgehead atoms. The van der Waals surface area contributed by atoms with Gasteiger partial charge in [0.15, 0.2) is 5.03 Å². The van der Waals surface area contributed by atoms with Crippen molar-refractivity contribution < 1.29 is 8.42 Å². The average Bonchev–Trinajstić information content (AvgIpc) is 3.25. The zero-order valence-corrected chi connectivity index (χ0v) is 14.7. The molecule has 0 spiro atoms. The van der Waals surface area contributed by atoms with Gasteiger partial charge in [0.05, 0.1) is 18.6 Å². The van der Waals surface area contributed by atoms with Crippen molar-refractivity contribution in [1.82, 2.24) is 24.2 Å². The predicted molar refractivity (Wildman–Crippen MR) is 90.1 cm³/mol. The highest BCUT2D eigenvalue weighted by atomic mass is 32.2. The lowest BCUT2D eigenvalue weighted by Crippen LogP contribution is -2.25. The van der Waals surface area contributed by atoms with Crippen molar-refractivity contribution in [2.45, 2.75) is 44.3 Å². The van der Waals surface area contributed by atoms with Crippen LogP contribution in [0.4, 0.5) is 5.95 Å². The summed E-state index contributed by atoms with van der Waals surface area (Å²) in [7, 11) is -3.66. The highest BCUT2D eigenvalue weighted by molar-refractivity contribution is 7.89. The van der Waals surface area contributed by atoms with E-state index in [1.54, 1.807) is 16.8 Å². The van der Waals surface area contributed by atoms with Gasteiger partial charge in [-0.3, -0.25) is 0 Å². The van der Waals surface area contributed by atoms with E-state index < -0.39 is 10.0 Å². The van der Waals surface area contributed by atoms with Crippen molar-refractivity contribution in [2.24, 2.45) is 0 Å². The molecular formula is C15H22N6O2S. The Hall–Kier alpha value is -2.00. The lowest BCUT2D eigenvalue weighted by molar-refractivity contribution is 0.575. The number of hydrogen-bond acceptors (Lipinski definition) is 6. The summed E-state index contributed by atoms with van der Waals surface area (Å²) in [4.78, 5) is 14.8. The van der Waals surface area contributed by atoms with E-state index >= 15 is 0 Å². The number of nitrogens with zero attached hydrogens (tertiary/aromatic N) is 5. The van der Waals surface area contributed by atoms with E-state index in [2.05, 4.69) is 24.6 Å². The summed E-state index contributed by atoms with van der Waals surface area (Å²) in [6.45, 7) is 5.93. The SMILES string of the molecule is CC(C)n1cnc(S(=O)(=O)NCc2ccnc(N3CCCC3)n2)c1. The molecule has 0 amide bonds. The molecule has 9 heteroatoms. The quantitative estimate of drug-likeness (QED) is 0.845. The Balaban J connectivity index is 1.69. The Labute approximate surface area is 142 Å². The molecule has 0 radical (unpaired) electrons. The van der Waals surface area contributed by atoms with Gasteiger partial charge in [0, 0.05) is 31.5 Å². The molecule has 1 aliphatic rings. The van der Waals surface area contributed by atoms with E-state index in [4.69, 9.17) is 0 Å². The minimum Gasteiger partial charge on any atom is -0.341 e. The molecule has 0 aliphatic carbocycles. The molecule has 0 saturated carbocycles. The monoisotopic (exact) mass is 350 g/mol. The maximum absolute atomic E-state index is 12.3. The number of hydrogen-bond donors (Lipinski definition) is 1. The molecule has 24 heavy (non-hydrogen) atoms. The second-order valence-electron chi connectivity index (χ2n) is 6.12. The predicted octanol–water partition coefficient (Wildman–Crippen LogP) is 1.33. The van der Waals surface area contributed by atoms with Gasteiger partial charge in [-0.15, -0.1) is 0 Å². The van der Waals surface area contributed by atoms with Gasteiger partial charge in [-0.25, -0.2) is 28.1 Å². The fraction of sp³-hybridized carbons (Fsp3) is 0.533. The Bertz CT molecular complexity index is 796. The molecule has 0 atom stereocenters. The second-order valence-corrected chi connectivity index (χ2v) is 7.83. The second kappa shape index (κ2) is 6.86. The van der Waals surface area contributed by atoms with Crippen LogP contribution >= 0.6 is 0 Å². The minimum atomic E-state index is -3.66. The first-order valence-corrected chi connectivity index (χ1v) is 9.54. The van der Waals surface area contributed by atoms with E-state index in [-0.39, 0.29) is 17.6 Å². The van der Waals surface area contributed by atoms with E-state index in [0.717, 1.165) is 25.9 Å². The summed E-state index contributed by atoms with van der Waals surface area (Å²) in [6, 6.07) is 1.88. The number of aromatic nitrogens is 4. The first kappa shape index (κ1) is 16.8. The molecule has 3 rings (SSSR count). The number of sulfonamides is 1. The van der Waals surface area contributed by atoms with Crippen LogP contribution in [0.25, 0.3) is 0 Å². The van der Waals surface area contributed by atoms with Gasteiger partial charge in [-0.1, -0.05) is 0 Å². The van der Waals surface area contributed by atoms with Crippen LogP contribution in [0.15, 0.2) is 29.8 Å². The van der Waals surface area contributed by atoms with E-state index in [1.807, 2.05) is 13.8 Å². The van der Waals surface area contributed by atoms with Crippen LogP contribution in [0, 0.1) is 0 Å². The number of rotatable bonds is 6. The number of nitrogens with one attached hydrogen (secondary N) is 1. The van der Waals surface area contributed by atoms with Crippen LogP contribution in [0.5, 0.6) is 0 Å². The topological polar surface area (TPSA) is 93.0 Å². The van der Waals surface area contributed by atoms with Gasteiger partial charge in [-0.05, 0) is 32.8 Å². The number of anilines is 1. The fourth-order valence-corrected chi connectivity index (χ4v) is 3.47. The summed E-state index contributed by atoms with van der Waals surface area (Å²) < 4.78 is 29.0. The van der Waals surface area contributed by atoms with Crippen molar-refractivity contribution in [1.29, 1.82) is 0 Å². The molecule has 1 saturated heterocycles. The Morgan fingerprint density at radius 3 is 2.67 bits per heavy atom. The third-order valence-corrected chi connectivity index (χ3v) is 5.27. The van der Waals surface area contributed by atoms with Crippen LogP contribution in [0.2, 0.25) is 0 Å². The van der Waals surface area contributed by atoms with Crippen molar-refractivity contribution >= 4 is 16.0 Å². The third kappa shape index (κ3) is 3.73. The van der Waals surface area contributed by atoms with Gasteiger partial charge in [-0.2, -0.15) is 0 Å². The maximum atomic E-state index is 12.3. The van der Waals surface area contributed by atoms with Crippen molar-refractivity contribution in [2.75, 3.05) is 18.0 Å². The Morgan fingerprint density at radius 1 is 1.25 bits per heavy atom.